The highest BCUT2D eigenvalue weighted by Crippen LogP contribution is 2.28. The molecule has 1 N–H and O–H groups in total. The molecular formula is C24H24N2O3S. The molecule has 0 spiro atoms. The number of hydrogen-bond acceptors (Lipinski definition) is 5. The summed E-state index contributed by atoms with van der Waals surface area (Å²) in [6.07, 6.45) is 1.58. The second-order valence-electron chi connectivity index (χ2n) is 6.49. The van der Waals surface area contributed by atoms with Gasteiger partial charge in [0.15, 0.2) is 11.5 Å². The van der Waals surface area contributed by atoms with E-state index >= 15 is 0 Å². The number of methoxy groups -OCH3 is 1. The lowest BCUT2D eigenvalue weighted by molar-refractivity contribution is -0.120. The lowest BCUT2D eigenvalue weighted by atomic mass is 10.2. The zero-order valence-electron chi connectivity index (χ0n) is 16.9. The number of hydrazone groups is 1. The molecule has 1 amide bonds. The normalized spacial score (nSPS) is 11.8. The quantitative estimate of drug-likeness (QED) is 0.304. The average molecular weight is 421 g/mol. The second-order valence-corrected chi connectivity index (χ2v) is 7.91. The minimum Gasteiger partial charge on any atom is -0.493 e. The van der Waals surface area contributed by atoms with E-state index in [9.17, 15) is 4.79 Å². The molecule has 0 radical (unpaired) electrons. The number of nitrogens with zero attached hydrogens (tertiary/aromatic N) is 1. The minimum atomic E-state index is -0.257. The fourth-order valence-electron chi connectivity index (χ4n) is 2.64. The maximum Gasteiger partial charge on any atom is 0.253 e. The van der Waals surface area contributed by atoms with Gasteiger partial charge in [0, 0.05) is 4.90 Å². The van der Waals surface area contributed by atoms with Gasteiger partial charge in [0.1, 0.15) is 6.61 Å². The lowest BCUT2D eigenvalue weighted by Gasteiger charge is -2.11. The first kappa shape index (κ1) is 21.5. The lowest BCUT2D eigenvalue weighted by Crippen LogP contribution is -2.26. The molecule has 6 heteroatoms. The third-order valence-electron chi connectivity index (χ3n) is 4.24. The van der Waals surface area contributed by atoms with Crippen LogP contribution in [0.3, 0.4) is 0 Å². The highest BCUT2D eigenvalue weighted by atomic mass is 32.2. The molecule has 0 aliphatic rings. The fraction of sp³-hybridized carbons (Fsp3) is 0.167. The molecule has 1 unspecified atom stereocenters. The molecule has 0 aromatic heterocycles. The van der Waals surface area contributed by atoms with Crippen LogP contribution in [0.15, 0.2) is 88.9 Å². The number of amides is 1. The van der Waals surface area contributed by atoms with Crippen molar-refractivity contribution >= 4 is 23.9 Å². The molecule has 5 nitrogen and oxygen atoms in total. The van der Waals surface area contributed by atoms with E-state index in [4.69, 9.17) is 9.47 Å². The second kappa shape index (κ2) is 11.1. The Morgan fingerprint density at radius 1 is 1.03 bits per heavy atom. The number of carbonyl (C=O) groups is 1. The molecule has 3 aromatic carbocycles. The van der Waals surface area contributed by atoms with Gasteiger partial charge < -0.3 is 9.47 Å². The molecular weight excluding hydrogens is 396 g/mol. The van der Waals surface area contributed by atoms with Crippen LogP contribution >= 0.6 is 11.8 Å². The van der Waals surface area contributed by atoms with Gasteiger partial charge in [0.25, 0.3) is 5.91 Å². The molecule has 0 bridgehead atoms. The molecule has 154 valence electrons. The van der Waals surface area contributed by atoms with Crippen LogP contribution in [0.25, 0.3) is 0 Å². The van der Waals surface area contributed by atoms with Crippen LogP contribution in [-0.2, 0) is 11.4 Å². The molecule has 0 fully saturated rings. The van der Waals surface area contributed by atoms with Crippen molar-refractivity contribution < 1.29 is 14.3 Å². The first-order valence-corrected chi connectivity index (χ1v) is 10.4. The van der Waals surface area contributed by atoms with Crippen molar-refractivity contribution in [3.63, 3.8) is 0 Å². The molecule has 0 saturated heterocycles. The summed E-state index contributed by atoms with van der Waals surface area (Å²) in [4.78, 5) is 13.3. The van der Waals surface area contributed by atoms with Crippen LogP contribution in [-0.4, -0.2) is 24.5 Å². The Kier molecular flexibility index (Phi) is 7.92. The molecule has 0 aliphatic heterocycles. The van der Waals surface area contributed by atoms with E-state index in [0.29, 0.717) is 18.1 Å². The number of carbonyl (C=O) groups excluding carboxylic acids is 1. The van der Waals surface area contributed by atoms with Crippen molar-refractivity contribution in [2.75, 3.05) is 7.11 Å². The predicted molar refractivity (Wildman–Crippen MR) is 121 cm³/mol. The molecule has 0 saturated carbocycles. The summed E-state index contributed by atoms with van der Waals surface area (Å²) in [7, 11) is 1.59. The summed E-state index contributed by atoms with van der Waals surface area (Å²) in [5, 5.41) is 3.81. The molecule has 0 aliphatic carbocycles. The van der Waals surface area contributed by atoms with E-state index < -0.39 is 0 Å². The summed E-state index contributed by atoms with van der Waals surface area (Å²) in [6.45, 7) is 2.31. The number of benzene rings is 3. The molecule has 1 atom stereocenters. The van der Waals surface area contributed by atoms with Crippen LogP contribution in [0.1, 0.15) is 18.1 Å². The number of rotatable bonds is 9. The van der Waals surface area contributed by atoms with Crippen LogP contribution in [0.2, 0.25) is 0 Å². The summed E-state index contributed by atoms with van der Waals surface area (Å²) in [6, 6.07) is 25.3. The minimum absolute atomic E-state index is 0.158. The van der Waals surface area contributed by atoms with Gasteiger partial charge in [0.2, 0.25) is 0 Å². The third-order valence-corrected chi connectivity index (χ3v) is 5.35. The van der Waals surface area contributed by atoms with Crippen LogP contribution < -0.4 is 14.9 Å². The van der Waals surface area contributed by atoms with Gasteiger partial charge in [-0.05, 0) is 48.4 Å². The maximum absolute atomic E-state index is 12.2. The summed E-state index contributed by atoms with van der Waals surface area (Å²) in [5.41, 5.74) is 4.46. The molecule has 3 rings (SSSR count). The highest BCUT2D eigenvalue weighted by Gasteiger charge is 2.13. The molecule has 3 aromatic rings. The number of ether oxygens (including phenoxy) is 2. The van der Waals surface area contributed by atoms with E-state index in [1.165, 1.54) is 11.8 Å². The Morgan fingerprint density at radius 3 is 2.43 bits per heavy atom. The van der Waals surface area contributed by atoms with Gasteiger partial charge in [-0.1, -0.05) is 48.5 Å². The Balaban J connectivity index is 1.55. The van der Waals surface area contributed by atoms with Gasteiger partial charge in [-0.25, -0.2) is 5.43 Å². The van der Waals surface area contributed by atoms with Gasteiger partial charge in [0.05, 0.1) is 18.6 Å². The SMILES string of the molecule is COc1cc(/C=N/NC(=O)C(C)Sc2ccccc2)ccc1OCc1ccccc1. The van der Waals surface area contributed by atoms with E-state index in [0.717, 1.165) is 16.0 Å². The summed E-state index contributed by atoms with van der Waals surface area (Å²) in [5.74, 6) is 1.10. The predicted octanol–water partition coefficient (Wildman–Crippen LogP) is 4.91. The number of nitrogens with one attached hydrogen (secondary N) is 1. The zero-order chi connectivity index (χ0) is 21.2. The zero-order valence-corrected chi connectivity index (χ0v) is 17.8. The Morgan fingerprint density at radius 2 is 1.73 bits per heavy atom. The monoisotopic (exact) mass is 420 g/mol. The van der Waals surface area contributed by atoms with Gasteiger partial charge in [-0.15, -0.1) is 11.8 Å². The molecule has 30 heavy (non-hydrogen) atoms. The number of hydrogen-bond donors (Lipinski definition) is 1. The topological polar surface area (TPSA) is 59.9 Å². The Labute approximate surface area is 181 Å². The van der Waals surface area contributed by atoms with Gasteiger partial charge in [-0.2, -0.15) is 5.10 Å². The van der Waals surface area contributed by atoms with E-state index in [-0.39, 0.29) is 11.2 Å². The van der Waals surface area contributed by atoms with Gasteiger partial charge >= 0.3 is 0 Å². The van der Waals surface area contributed by atoms with Crippen LogP contribution in [0, 0.1) is 0 Å². The van der Waals surface area contributed by atoms with Crippen molar-refractivity contribution in [2.24, 2.45) is 5.10 Å². The van der Waals surface area contributed by atoms with E-state index in [1.54, 1.807) is 13.3 Å². The Bertz CT molecular complexity index is 978. The van der Waals surface area contributed by atoms with E-state index in [2.05, 4.69) is 10.5 Å². The largest absolute Gasteiger partial charge is 0.493 e. The highest BCUT2D eigenvalue weighted by molar-refractivity contribution is 8.00. The van der Waals surface area contributed by atoms with E-state index in [1.807, 2.05) is 85.8 Å². The standard InChI is InChI=1S/C24H24N2O3S/c1-18(30-21-11-7-4-8-12-21)24(27)26-25-16-20-13-14-22(23(15-20)28-2)29-17-19-9-5-3-6-10-19/h3-16,18H,17H2,1-2H3,(H,26,27)/b25-16+. The first-order chi connectivity index (χ1) is 14.7. The summed E-state index contributed by atoms with van der Waals surface area (Å²) < 4.78 is 11.3. The summed E-state index contributed by atoms with van der Waals surface area (Å²) >= 11 is 1.49. The maximum atomic E-state index is 12.2. The van der Waals surface area contributed by atoms with Crippen molar-refractivity contribution in [1.82, 2.24) is 5.43 Å². The van der Waals surface area contributed by atoms with Crippen molar-refractivity contribution in [2.45, 2.75) is 23.7 Å². The smallest absolute Gasteiger partial charge is 0.253 e. The third kappa shape index (κ3) is 6.39. The van der Waals surface area contributed by atoms with Crippen molar-refractivity contribution in [1.29, 1.82) is 0 Å². The van der Waals surface area contributed by atoms with Crippen molar-refractivity contribution in [3.05, 3.63) is 90.0 Å². The van der Waals surface area contributed by atoms with Crippen LogP contribution in [0.5, 0.6) is 11.5 Å². The first-order valence-electron chi connectivity index (χ1n) is 9.55. The van der Waals surface area contributed by atoms with Crippen molar-refractivity contribution in [3.8, 4) is 11.5 Å². The van der Waals surface area contributed by atoms with Crippen LogP contribution in [0.4, 0.5) is 0 Å². The average Bonchev–Trinajstić information content (AvgIpc) is 2.79. The fourth-order valence-corrected chi connectivity index (χ4v) is 3.52. The Hall–Kier alpha value is -3.25. The van der Waals surface area contributed by atoms with Gasteiger partial charge in [-0.3, -0.25) is 4.79 Å². The number of thioether (sulfide) groups is 1. The molecule has 0 heterocycles.